The fourth-order valence-electron chi connectivity index (χ4n) is 2.46. The number of H-pyrrole nitrogens is 1. The summed E-state index contributed by atoms with van der Waals surface area (Å²) in [5.41, 5.74) is 2.54. The lowest BCUT2D eigenvalue weighted by Gasteiger charge is -2.13. The van der Waals surface area contributed by atoms with E-state index in [2.05, 4.69) is 22.1 Å². The summed E-state index contributed by atoms with van der Waals surface area (Å²) < 4.78 is 0. The summed E-state index contributed by atoms with van der Waals surface area (Å²) in [6, 6.07) is 6.03. The first-order valence-electron chi connectivity index (χ1n) is 5.81. The lowest BCUT2D eigenvalue weighted by molar-refractivity contribution is 0.332. The molecule has 1 aliphatic rings. The van der Waals surface area contributed by atoms with Crippen LogP contribution < -0.4 is 0 Å². The minimum absolute atomic E-state index is 0.815. The van der Waals surface area contributed by atoms with Gasteiger partial charge in [0.05, 0.1) is 0 Å². The summed E-state index contributed by atoms with van der Waals surface area (Å²) in [5, 5.41) is 2.08. The van der Waals surface area contributed by atoms with Crippen LogP contribution in [0.2, 0.25) is 5.02 Å². The van der Waals surface area contributed by atoms with Crippen LogP contribution in [0.1, 0.15) is 18.4 Å². The zero-order valence-electron chi connectivity index (χ0n) is 9.17. The van der Waals surface area contributed by atoms with Crippen molar-refractivity contribution >= 4 is 22.5 Å². The van der Waals surface area contributed by atoms with Gasteiger partial charge in [0.15, 0.2) is 0 Å². The van der Waals surface area contributed by atoms with Crippen molar-refractivity contribution in [3.8, 4) is 0 Å². The van der Waals surface area contributed by atoms with Crippen LogP contribution in [0, 0.1) is 0 Å². The Balaban J connectivity index is 1.93. The van der Waals surface area contributed by atoms with Gasteiger partial charge in [-0.3, -0.25) is 4.90 Å². The maximum atomic E-state index is 6.04. The molecule has 1 aromatic heterocycles. The average molecular weight is 235 g/mol. The molecule has 1 N–H and O–H groups in total. The van der Waals surface area contributed by atoms with Crippen molar-refractivity contribution in [2.24, 2.45) is 0 Å². The zero-order chi connectivity index (χ0) is 11.0. The van der Waals surface area contributed by atoms with Crippen LogP contribution in [-0.2, 0) is 6.54 Å². The summed E-state index contributed by atoms with van der Waals surface area (Å²) in [6.07, 6.45) is 4.78. The number of hydrogen-bond acceptors (Lipinski definition) is 1. The van der Waals surface area contributed by atoms with Gasteiger partial charge in [0.2, 0.25) is 0 Å². The van der Waals surface area contributed by atoms with Gasteiger partial charge >= 0.3 is 0 Å². The number of rotatable bonds is 2. The maximum absolute atomic E-state index is 6.04. The molecule has 1 fully saturated rings. The Morgan fingerprint density at radius 2 is 2.06 bits per heavy atom. The molecule has 0 radical (unpaired) electrons. The fraction of sp³-hybridized carbons (Fsp3) is 0.385. The van der Waals surface area contributed by atoms with Crippen LogP contribution in [0.3, 0.4) is 0 Å². The molecule has 0 aliphatic carbocycles. The molecule has 2 aromatic rings. The van der Waals surface area contributed by atoms with Gasteiger partial charge in [-0.2, -0.15) is 0 Å². The molecule has 2 nitrogen and oxygen atoms in total. The molecule has 3 rings (SSSR count). The van der Waals surface area contributed by atoms with E-state index in [1.165, 1.54) is 42.4 Å². The van der Waals surface area contributed by atoms with Gasteiger partial charge in [-0.05, 0) is 49.7 Å². The third-order valence-corrected chi connectivity index (χ3v) is 3.56. The Labute approximate surface area is 100 Å². The number of halogens is 1. The Morgan fingerprint density at radius 3 is 2.88 bits per heavy atom. The van der Waals surface area contributed by atoms with E-state index in [-0.39, 0.29) is 0 Å². The second kappa shape index (κ2) is 4.11. The molecule has 0 bridgehead atoms. The summed E-state index contributed by atoms with van der Waals surface area (Å²) in [4.78, 5) is 5.81. The number of nitrogens with one attached hydrogen (secondary N) is 1. The number of benzene rings is 1. The highest BCUT2D eigenvalue weighted by molar-refractivity contribution is 6.31. The Morgan fingerprint density at radius 1 is 1.25 bits per heavy atom. The zero-order valence-corrected chi connectivity index (χ0v) is 9.93. The molecule has 0 atom stereocenters. The van der Waals surface area contributed by atoms with Crippen LogP contribution in [-0.4, -0.2) is 23.0 Å². The van der Waals surface area contributed by atoms with Gasteiger partial charge in [-0.15, -0.1) is 0 Å². The SMILES string of the molecule is Clc1ccc2[nH]cc(CN3CCCC3)c2c1. The quantitative estimate of drug-likeness (QED) is 0.844. The van der Waals surface area contributed by atoms with E-state index in [4.69, 9.17) is 11.6 Å². The standard InChI is InChI=1S/C13H15ClN2/c14-11-3-4-13-12(7-11)10(8-15-13)9-16-5-1-2-6-16/h3-4,7-8,15H,1-2,5-6,9H2. The normalized spacial score (nSPS) is 17.3. The van der Waals surface area contributed by atoms with E-state index >= 15 is 0 Å². The van der Waals surface area contributed by atoms with Crippen molar-refractivity contribution in [3.05, 3.63) is 35.0 Å². The van der Waals surface area contributed by atoms with Gasteiger partial charge in [0.1, 0.15) is 0 Å². The van der Waals surface area contributed by atoms with E-state index < -0.39 is 0 Å². The molecule has 1 aliphatic heterocycles. The van der Waals surface area contributed by atoms with Gasteiger partial charge in [0.25, 0.3) is 0 Å². The second-order valence-corrected chi connectivity index (χ2v) is 4.92. The second-order valence-electron chi connectivity index (χ2n) is 4.49. The van der Waals surface area contributed by atoms with Gasteiger partial charge in [-0.25, -0.2) is 0 Å². The van der Waals surface area contributed by atoms with E-state index in [1.807, 2.05) is 12.1 Å². The van der Waals surface area contributed by atoms with Crippen molar-refractivity contribution in [1.29, 1.82) is 0 Å². The average Bonchev–Trinajstić information content (AvgIpc) is 2.90. The smallest absolute Gasteiger partial charge is 0.0458 e. The van der Waals surface area contributed by atoms with Crippen LogP contribution >= 0.6 is 11.6 Å². The predicted octanol–water partition coefficient (Wildman–Crippen LogP) is 3.42. The first-order valence-corrected chi connectivity index (χ1v) is 6.18. The van der Waals surface area contributed by atoms with Crippen molar-refractivity contribution in [2.45, 2.75) is 19.4 Å². The number of fused-ring (bicyclic) bond motifs is 1. The largest absolute Gasteiger partial charge is 0.361 e. The molecular weight excluding hydrogens is 220 g/mol. The molecule has 0 unspecified atom stereocenters. The molecule has 3 heteroatoms. The highest BCUT2D eigenvalue weighted by Gasteiger charge is 2.13. The predicted molar refractivity (Wildman–Crippen MR) is 67.8 cm³/mol. The van der Waals surface area contributed by atoms with E-state index in [0.29, 0.717) is 0 Å². The lowest BCUT2D eigenvalue weighted by Crippen LogP contribution is -2.17. The molecule has 0 saturated carbocycles. The molecule has 1 aromatic carbocycles. The first kappa shape index (κ1) is 10.2. The fourth-order valence-corrected chi connectivity index (χ4v) is 2.64. The van der Waals surface area contributed by atoms with Crippen molar-refractivity contribution in [1.82, 2.24) is 9.88 Å². The first-order chi connectivity index (χ1) is 7.83. The monoisotopic (exact) mass is 234 g/mol. The highest BCUT2D eigenvalue weighted by atomic mass is 35.5. The Kier molecular flexibility index (Phi) is 2.62. The number of aromatic nitrogens is 1. The lowest BCUT2D eigenvalue weighted by atomic mass is 10.1. The summed E-state index contributed by atoms with van der Waals surface area (Å²) in [6.45, 7) is 3.50. The summed E-state index contributed by atoms with van der Waals surface area (Å²) >= 11 is 6.04. The van der Waals surface area contributed by atoms with Crippen LogP contribution in [0.25, 0.3) is 10.9 Å². The molecule has 0 spiro atoms. The molecule has 0 amide bonds. The third-order valence-electron chi connectivity index (χ3n) is 3.32. The van der Waals surface area contributed by atoms with Crippen LogP contribution in [0.15, 0.2) is 24.4 Å². The summed E-state index contributed by atoms with van der Waals surface area (Å²) in [5.74, 6) is 0. The topological polar surface area (TPSA) is 19.0 Å². The van der Waals surface area contributed by atoms with Gasteiger partial charge in [0, 0.05) is 28.7 Å². The molecule has 84 valence electrons. The van der Waals surface area contributed by atoms with Crippen molar-refractivity contribution in [3.63, 3.8) is 0 Å². The highest BCUT2D eigenvalue weighted by Crippen LogP contribution is 2.24. The number of likely N-dealkylation sites (tertiary alicyclic amines) is 1. The van der Waals surface area contributed by atoms with Crippen molar-refractivity contribution in [2.75, 3.05) is 13.1 Å². The molecule has 16 heavy (non-hydrogen) atoms. The number of nitrogens with zero attached hydrogens (tertiary/aromatic N) is 1. The van der Waals surface area contributed by atoms with Crippen molar-refractivity contribution < 1.29 is 0 Å². The number of aromatic amines is 1. The Bertz CT molecular complexity index is 498. The summed E-state index contributed by atoms with van der Waals surface area (Å²) in [7, 11) is 0. The minimum atomic E-state index is 0.815. The van der Waals surface area contributed by atoms with E-state index in [0.717, 1.165) is 11.6 Å². The van der Waals surface area contributed by atoms with Crippen LogP contribution in [0.4, 0.5) is 0 Å². The Hall–Kier alpha value is -0.990. The van der Waals surface area contributed by atoms with Gasteiger partial charge in [-0.1, -0.05) is 11.6 Å². The van der Waals surface area contributed by atoms with E-state index in [1.54, 1.807) is 0 Å². The van der Waals surface area contributed by atoms with Crippen LogP contribution in [0.5, 0.6) is 0 Å². The van der Waals surface area contributed by atoms with Gasteiger partial charge < -0.3 is 4.98 Å². The maximum Gasteiger partial charge on any atom is 0.0458 e. The molecular formula is C13H15ClN2. The minimum Gasteiger partial charge on any atom is -0.361 e. The number of hydrogen-bond donors (Lipinski definition) is 1. The van der Waals surface area contributed by atoms with E-state index in [9.17, 15) is 0 Å². The third kappa shape index (κ3) is 1.83. The molecule has 2 heterocycles. The molecule has 1 saturated heterocycles.